The minimum Gasteiger partial charge on any atom is -0.455 e. The van der Waals surface area contributed by atoms with Crippen molar-refractivity contribution in [3.8, 4) is 0 Å². The number of benzene rings is 1. The van der Waals surface area contributed by atoms with Gasteiger partial charge in [-0.3, -0.25) is 14.6 Å². The first-order valence-corrected chi connectivity index (χ1v) is 11.2. The SMILES string of the molecule is Cc1ccc(NC(=O)COC(=O)C2CCN(S(=O)(=O)c3cccnc3)CC2)cc1Cl. The Hall–Kier alpha value is -2.49. The van der Waals surface area contributed by atoms with Gasteiger partial charge in [0.25, 0.3) is 5.91 Å². The van der Waals surface area contributed by atoms with Crippen LogP contribution in [-0.4, -0.2) is 49.3 Å². The number of esters is 1. The average molecular weight is 452 g/mol. The first-order chi connectivity index (χ1) is 14.3. The van der Waals surface area contributed by atoms with Crippen LogP contribution >= 0.6 is 11.6 Å². The van der Waals surface area contributed by atoms with Gasteiger partial charge in [0.05, 0.1) is 5.92 Å². The van der Waals surface area contributed by atoms with Crippen molar-refractivity contribution >= 4 is 39.2 Å². The Morgan fingerprint density at radius 3 is 2.63 bits per heavy atom. The molecule has 0 saturated carbocycles. The van der Waals surface area contributed by atoms with Gasteiger partial charge in [-0.15, -0.1) is 0 Å². The van der Waals surface area contributed by atoms with Crippen LogP contribution in [0.2, 0.25) is 5.02 Å². The normalized spacial score (nSPS) is 15.5. The highest BCUT2D eigenvalue weighted by Crippen LogP contribution is 2.24. The number of nitrogens with zero attached hydrogens (tertiary/aromatic N) is 2. The standard InChI is InChI=1S/C20H22ClN3O5S/c1-14-4-5-16(11-18(14)21)23-19(25)13-29-20(26)15-6-9-24(10-7-15)30(27,28)17-3-2-8-22-12-17/h2-5,8,11-12,15H,6-7,9-10,13H2,1H3,(H,23,25). The molecule has 0 spiro atoms. The lowest BCUT2D eigenvalue weighted by Gasteiger charge is -2.29. The zero-order valence-electron chi connectivity index (χ0n) is 16.4. The number of pyridine rings is 1. The van der Waals surface area contributed by atoms with Gasteiger partial charge in [-0.25, -0.2) is 8.42 Å². The smallest absolute Gasteiger partial charge is 0.309 e. The second-order valence-electron chi connectivity index (χ2n) is 6.99. The maximum Gasteiger partial charge on any atom is 0.309 e. The Bertz CT molecular complexity index is 1020. The third kappa shape index (κ3) is 5.35. The van der Waals surface area contributed by atoms with Gasteiger partial charge in [-0.1, -0.05) is 17.7 Å². The van der Waals surface area contributed by atoms with Gasteiger partial charge in [0.2, 0.25) is 10.0 Å². The molecule has 0 atom stereocenters. The van der Waals surface area contributed by atoms with Gasteiger partial charge in [-0.2, -0.15) is 4.31 Å². The number of carbonyl (C=O) groups is 2. The van der Waals surface area contributed by atoms with Crippen molar-refractivity contribution in [1.29, 1.82) is 0 Å². The van der Waals surface area contributed by atoms with Crippen LogP contribution in [0.1, 0.15) is 18.4 Å². The van der Waals surface area contributed by atoms with Crippen LogP contribution in [-0.2, 0) is 24.3 Å². The predicted octanol–water partition coefficient (Wildman–Crippen LogP) is 2.63. The summed E-state index contributed by atoms with van der Waals surface area (Å²) in [6.45, 7) is 1.83. The molecule has 1 aliphatic heterocycles. The minimum absolute atomic E-state index is 0.124. The number of carbonyl (C=O) groups excluding carboxylic acids is 2. The zero-order valence-corrected chi connectivity index (χ0v) is 17.9. The monoisotopic (exact) mass is 451 g/mol. The van der Waals surface area contributed by atoms with E-state index in [0.29, 0.717) is 23.6 Å². The van der Waals surface area contributed by atoms with E-state index in [1.165, 1.54) is 22.8 Å². The van der Waals surface area contributed by atoms with Crippen LogP contribution < -0.4 is 5.32 Å². The topological polar surface area (TPSA) is 106 Å². The van der Waals surface area contributed by atoms with Gasteiger partial charge in [0.15, 0.2) is 6.61 Å². The van der Waals surface area contributed by atoms with E-state index in [4.69, 9.17) is 16.3 Å². The Kier molecular flexibility index (Phi) is 7.06. The zero-order chi connectivity index (χ0) is 21.7. The number of nitrogens with one attached hydrogen (secondary N) is 1. The molecular weight excluding hydrogens is 430 g/mol. The molecule has 1 amide bonds. The molecule has 10 heteroatoms. The molecule has 1 aromatic carbocycles. The first kappa shape index (κ1) is 22.2. The molecule has 1 aliphatic rings. The Morgan fingerprint density at radius 2 is 2.00 bits per heavy atom. The Balaban J connectivity index is 1.47. The van der Waals surface area contributed by atoms with Crippen molar-refractivity contribution in [2.75, 3.05) is 25.0 Å². The van der Waals surface area contributed by atoms with Gasteiger partial charge in [0.1, 0.15) is 4.90 Å². The lowest BCUT2D eigenvalue weighted by Crippen LogP contribution is -2.40. The molecule has 0 radical (unpaired) electrons. The fraction of sp³-hybridized carbons (Fsp3) is 0.350. The summed E-state index contributed by atoms with van der Waals surface area (Å²) in [5, 5.41) is 3.15. The number of ether oxygens (including phenoxy) is 1. The number of hydrogen-bond acceptors (Lipinski definition) is 6. The fourth-order valence-electron chi connectivity index (χ4n) is 3.10. The number of halogens is 1. The van der Waals surface area contributed by atoms with Gasteiger partial charge >= 0.3 is 5.97 Å². The summed E-state index contributed by atoms with van der Waals surface area (Å²) in [4.78, 5) is 28.3. The predicted molar refractivity (Wildman–Crippen MR) is 111 cm³/mol. The molecule has 0 unspecified atom stereocenters. The number of aryl methyl sites for hydroxylation is 1. The minimum atomic E-state index is -3.63. The van der Waals surface area contributed by atoms with E-state index < -0.39 is 34.4 Å². The maximum atomic E-state index is 12.6. The highest BCUT2D eigenvalue weighted by molar-refractivity contribution is 7.89. The van der Waals surface area contributed by atoms with Crippen LogP contribution in [0.15, 0.2) is 47.6 Å². The molecule has 0 bridgehead atoms. The number of hydrogen-bond donors (Lipinski definition) is 1. The second-order valence-corrected chi connectivity index (χ2v) is 9.33. The average Bonchev–Trinajstić information content (AvgIpc) is 2.75. The maximum absolute atomic E-state index is 12.6. The summed E-state index contributed by atoms with van der Waals surface area (Å²) in [6.07, 6.45) is 3.46. The van der Waals surface area contributed by atoms with E-state index in [1.54, 1.807) is 24.3 Å². The van der Waals surface area contributed by atoms with Gasteiger partial charge in [-0.05, 0) is 49.6 Å². The van der Waals surface area contributed by atoms with Crippen molar-refractivity contribution in [1.82, 2.24) is 9.29 Å². The van der Waals surface area contributed by atoms with Crippen molar-refractivity contribution in [2.24, 2.45) is 5.92 Å². The quantitative estimate of drug-likeness (QED) is 0.677. The molecule has 1 aromatic heterocycles. The van der Waals surface area contributed by atoms with E-state index in [2.05, 4.69) is 10.3 Å². The first-order valence-electron chi connectivity index (χ1n) is 9.40. The van der Waals surface area contributed by atoms with E-state index in [9.17, 15) is 18.0 Å². The third-order valence-corrected chi connectivity index (χ3v) is 7.15. The van der Waals surface area contributed by atoms with Crippen LogP contribution in [0.3, 0.4) is 0 Å². The third-order valence-electron chi connectivity index (χ3n) is 4.86. The van der Waals surface area contributed by atoms with Gasteiger partial charge < -0.3 is 10.1 Å². The molecule has 3 rings (SSSR count). The molecule has 30 heavy (non-hydrogen) atoms. The van der Waals surface area contributed by atoms with Crippen molar-refractivity contribution in [3.63, 3.8) is 0 Å². The number of anilines is 1. The number of piperidine rings is 1. The summed E-state index contributed by atoms with van der Waals surface area (Å²) in [7, 11) is -3.63. The number of aromatic nitrogens is 1. The van der Waals surface area contributed by atoms with Crippen LogP contribution in [0.4, 0.5) is 5.69 Å². The van der Waals surface area contributed by atoms with E-state index in [-0.39, 0.29) is 18.0 Å². The highest BCUT2D eigenvalue weighted by Gasteiger charge is 2.33. The van der Waals surface area contributed by atoms with Gasteiger partial charge in [0, 0.05) is 36.2 Å². The van der Waals surface area contributed by atoms with E-state index >= 15 is 0 Å². The molecular formula is C20H22ClN3O5S. The molecule has 1 saturated heterocycles. The van der Waals surface area contributed by atoms with Crippen molar-refractivity contribution in [3.05, 3.63) is 53.3 Å². The fourth-order valence-corrected chi connectivity index (χ4v) is 4.72. The molecule has 1 N–H and O–H groups in total. The van der Waals surface area contributed by atoms with Crippen LogP contribution in [0.25, 0.3) is 0 Å². The second kappa shape index (κ2) is 9.55. The van der Waals surface area contributed by atoms with Crippen LogP contribution in [0.5, 0.6) is 0 Å². The molecule has 2 aromatic rings. The summed E-state index contributed by atoms with van der Waals surface area (Å²) >= 11 is 6.02. The van der Waals surface area contributed by atoms with Crippen LogP contribution in [0, 0.1) is 12.8 Å². The van der Waals surface area contributed by atoms with Crippen molar-refractivity contribution in [2.45, 2.75) is 24.7 Å². The lowest BCUT2D eigenvalue weighted by molar-refractivity contribution is -0.152. The molecule has 8 nitrogen and oxygen atoms in total. The Morgan fingerprint density at radius 1 is 1.27 bits per heavy atom. The molecule has 2 heterocycles. The summed E-state index contributed by atoms with van der Waals surface area (Å²) in [6, 6.07) is 8.15. The number of sulfonamides is 1. The Labute approximate surface area is 180 Å². The number of amides is 1. The largest absolute Gasteiger partial charge is 0.455 e. The molecule has 160 valence electrons. The van der Waals surface area contributed by atoms with E-state index in [0.717, 1.165) is 5.56 Å². The molecule has 0 aliphatic carbocycles. The summed E-state index contributed by atoms with van der Waals surface area (Å²) in [5.74, 6) is -1.43. The summed E-state index contributed by atoms with van der Waals surface area (Å²) < 4.78 is 31.7. The summed E-state index contributed by atoms with van der Waals surface area (Å²) in [5.41, 5.74) is 1.40. The molecule has 1 fully saturated rings. The van der Waals surface area contributed by atoms with Crippen molar-refractivity contribution < 1.29 is 22.7 Å². The highest BCUT2D eigenvalue weighted by atomic mass is 35.5. The number of rotatable bonds is 6. The van der Waals surface area contributed by atoms with E-state index in [1.807, 2.05) is 6.92 Å². The lowest BCUT2D eigenvalue weighted by atomic mass is 9.98.